The van der Waals surface area contributed by atoms with E-state index in [4.69, 9.17) is 21.1 Å². The zero-order valence-corrected chi connectivity index (χ0v) is 11.7. The van der Waals surface area contributed by atoms with Crippen LogP contribution in [0.4, 0.5) is 0 Å². The topological polar surface area (TPSA) is 52.6 Å². The molecule has 1 aliphatic rings. The maximum atomic E-state index is 11.3. The zero-order chi connectivity index (χ0) is 13.3. The van der Waals surface area contributed by atoms with Crippen LogP contribution in [0, 0.1) is 0 Å². The first kappa shape index (κ1) is 13.6. The summed E-state index contributed by atoms with van der Waals surface area (Å²) in [4.78, 5) is 0.280. The quantitative estimate of drug-likeness (QED) is 0.794. The Hall–Kier alpha value is -0.780. The van der Waals surface area contributed by atoms with Gasteiger partial charge >= 0.3 is 0 Å². The molecule has 0 spiro atoms. The van der Waals surface area contributed by atoms with Crippen molar-refractivity contribution in [1.29, 1.82) is 0 Å². The summed E-state index contributed by atoms with van der Waals surface area (Å²) >= 11 is 5.98. The second-order valence-corrected chi connectivity index (χ2v) is 6.93. The Morgan fingerprint density at radius 2 is 1.89 bits per heavy atom. The molecule has 0 N–H and O–H groups in total. The van der Waals surface area contributed by atoms with Gasteiger partial charge in [0.15, 0.2) is 9.84 Å². The molecular weight excluding hydrogens is 276 g/mol. The highest BCUT2D eigenvalue weighted by molar-refractivity contribution is 7.90. The SMILES string of the molecule is COC1C(Cl)CC1Oc1ccc(S(C)(=O)=O)cc1. The van der Waals surface area contributed by atoms with Crippen molar-refractivity contribution in [2.45, 2.75) is 28.9 Å². The minimum Gasteiger partial charge on any atom is -0.488 e. The van der Waals surface area contributed by atoms with Crippen molar-refractivity contribution in [2.75, 3.05) is 13.4 Å². The molecule has 3 atom stereocenters. The monoisotopic (exact) mass is 290 g/mol. The van der Waals surface area contributed by atoms with Crippen LogP contribution in [0.15, 0.2) is 29.2 Å². The number of halogens is 1. The lowest BCUT2D eigenvalue weighted by Crippen LogP contribution is -2.52. The fourth-order valence-corrected chi connectivity index (χ4v) is 2.95. The second-order valence-electron chi connectivity index (χ2n) is 4.35. The largest absolute Gasteiger partial charge is 0.488 e. The third kappa shape index (κ3) is 2.79. The first-order chi connectivity index (χ1) is 8.41. The normalized spacial score (nSPS) is 27.6. The highest BCUT2D eigenvalue weighted by atomic mass is 35.5. The van der Waals surface area contributed by atoms with Crippen molar-refractivity contribution in [3.8, 4) is 5.75 Å². The molecule has 1 aromatic carbocycles. The van der Waals surface area contributed by atoms with E-state index in [1.165, 1.54) is 18.4 Å². The van der Waals surface area contributed by atoms with Crippen LogP contribution in [0.1, 0.15) is 6.42 Å². The summed E-state index contributed by atoms with van der Waals surface area (Å²) in [6, 6.07) is 6.35. The van der Waals surface area contributed by atoms with Gasteiger partial charge in [-0.05, 0) is 24.3 Å². The molecule has 1 aliphatic carbocycles. The number of sulfone groups is 1. The summed E-state index contributed by atoms with van der Waals surface area (Å²) in [7, 11) is -1.57. The molecule has 1 aromatic rings. The molecule has 0 heterocycles. The van der Waals surface area contributed by atoms with Gasteiger partial charge in [0, 0.05) is 19.8 Å². The van der Waals surface area contributed by atoms with Crippen molar-refractivity contribution >= 4 is 21.4 Å². The van der Waals surface area contributed by atoms with Crippen molar-refractivity contribution in [3.63, 3.8) is 0 Å². The number of alkyl halides is 1. The van der Waals surface area contributed by atoms with E-state index in [-0.39, 0.29) is 22.5 Å². The molecule has 1 saturated carbocycles. The van der Waals surface area contributed by atoms with Gasteiger partial charge in [0.2, 0.25) is 0 Å². The molecule has 0 aromatic heterocycles. The average Bonchev–Trinajstić information content (AvgIpc) is 2.28. The molecule has 18 heavy (non-hydrogen) atoms. The van der Waals surface area contributed by atoms with Crippen LogP contribution in [-0.2, 0) is 14.6 Å². The molecule has 0 bridgehead atoms. The number of benzene rings is 1. The van der Waals surface area contributed by atoms with Crippen molar-refractivity contribution in [3.05, 3.63) is 24.3 Å². The van der Waals surface area contributed by atoms with E-state index in [9.17, 15) is 8.42 Å². The highest BCUT2D eigenvalue weighted by Crippen LogP contribution is 2.32. The first-order valence-electron chi connectivity index (χ1n) is 5.55. The van der Waals surface area contributed by atoms with Crippen LogP contribution >= 0.6 is 11.6 Å². The molecule has 0 aliphatic heterocycles. The van der Waals surface area contributed by atoms with Crippen LogP contribution in [-0.4, -0.2) is 39.4 Å². The van der Waals surface area contributed by atoms with Gasteiger partial charge in [-0.15, -0.1) is 11.6 Å². The molecule has 1 fully saturated rings. The lowest BCUT2D eigenvalue weighted by molar-refractivity contribution is -0.0583. The second kappa shape index (κ2) is 5.07. The fourth-order valence-electron chi connectivity index (χ4n) is 1.88. The molecule has 0 amide bonds. The van der Waals surface area contributed by atoms with Crippen molar-refractivity contribution in [1.82, 2.24) is 0 Å². The number of methoxy groups -OCH3 is 1. The molecule has 4 nitrogen and oxygen atoms in total. The number of ether oxygens (including phenoxy) is 2. The highest BCUT2D eigenvalue weighted by Gasteiger charge is 2.42. The zero-order valence-electron chi connectivity index (χ0n) is 10.2. The van der Waals surface area contributed by atoms with E-state index in [1.807, 2.05) is 0 Å². The van der Waals surface area contributed by atoms with E-state index in [0.29, 0.717) is 5.75 Å². The van der Waals surface area contributed by atoms with Crippen LogP contribution in [0.3, 0.4) is 0 Å². The molecular formula is C12H15ClO4S. The van der Waals surface area contributed by atoms with Crippen LogP contribution in [0.5, 0.6) is 5.75 Å². The summed E-state index contributed by atoms with van der Waals surface area (Å²) in [5, 5.41) is -0.0182. The Kier molecular flexibility index (Phi) is 3.84. The Bertz CT molecular complexity index is 511. The Labute approximate surface area is 112 Å². The van der Waals surface area contributed by atoms with E-state index >= 15 is 0 Å². The fraction of sp³-hybridized carbons (Fsp3) is 0.500. The molecule has 0 radical (unpaired) electrons. The minimum absolute atomic E-state index is 0.0182. The van der Waals surface area contributed by atoms with Crippen LogP contribution in [0.25, 0.3) is 0 Å². The maximum absolute atomic E-state index is 11.3. The third-order valence-corrected chi connectivity index (χ3v) is 4.55. The predicted octanol–water partition coefficient (Wildman–Crippen LogP) is 1.86. The lowest BCUT2D eigenvalue weighted by atomic mass is 9.91. The van der Waals surface area contributed by atoms with Gasteiger partial charge in [0.25, 0.3) is 0 Å². The summed E-state index contributed by atoms with van der Waals surface area (Å²) in [6.07, 6.45) is 1.73. The number of rotatable bonds is 4. The van der Waals surface area contributed by atoms with Gasteiger partial charge in [-0.1, -0.05) is 0 Å². The summed E-state index contributed by atoms with van der Waals surface area (Å²) < 4.78 is 33.5. The number of hydrogen-bond acceptors (Lipinski definition) is 4. The average molecular weight is 291 g/mol. The van der Waals surface area contributed by atoms with Gasteiger partial charge in [0.1, 0.15) is 18.0 Å². The Morgan fingerprint density at radius 1 is 1.28 bits per heavy atom. The van der Waals surface area contributed by atoms with Gasteiger partial charge in [0.05, 0.1) is 10.3 Å². The maximum Gasteiger partial charge on any atom is 0.175 e. The van der Waals surface area contributed by atoms with Crippen molar-refractivity contribution in [2.24, 2.45) is 0 Å². The van der Waals surface area contributed by atoms with E-state index < -0.39 is 9.84 Å². The summed E-state index contributed by atoms with van der Waals surface area (Å²) in [6.45, 7) is 0. The van der Waals surface area contributed by atoms with E-state index in [0.717, 1.165) is 6.42 Å². The smallest absolute Gasteiger partial charge is 0.175 e. The summed E-state index contributed by atoms with van der Waals surface area (Å²) in [5.74, 6) is 0.623. The van der Waals surface area contributed by atoms with Crippen LogP contribution < -0.4 is 4.74 Å². The van der Waals surface area contributed by atoms with Gasteiger partial charge in [-0.25, -0.2) is 8.42 Å². The van der Waals surface area contributed by atoms with Gasteiger partial charge in [-0.2, -0.15) is 0 Å². The third-order valence-electron chi connectivity index (χ3n) is 2.99. The molecule has 0 saturated heterocycles. The minimum atomic E-state index is -3.17. The van der Waals surface area contributed by atoms with Gasteiger partial charge in [-0.3, -0.25) is 0 Å². The molecule has 100 valence electrons. The first-order valence-corrected chi connectivity index (χ1v) is 7.88. The predicted molar refractivity (Wildman–Crippen MR) is 69.0 cm³/mol. The lowest BCUT2D eigenvalue weighted by Gasteiger charge is -2.39. The van der Waals surface area contributed by atoms with E-state index in [1.54, 1.807) is 19.2 Å². The Morgan fingerprint density at radius 3 is 2.33 bits per heavy atom. The standard InChI is InChI=1S/C12H15ClO4S/c1-16-12-10(13)7-11(12)17-8-3-5-9(6-4-8)18(2,14)15/h3-6,10-12H,7H2,1-2H3. The van der Waals surface area contributed by atoms with Gasteiger partial charge < -0.3 is 9.47 Å². The summed E-state index contributed by atoms with van der Waals surface area (Å²) in [5.41, 5.74) is 0. The molecule has 3 unspecified atom stereocenters. The van der Waals surface area contributed by atoms with Crippen LogP contribution in [0.2, 0.25) is 0 Å². The molecule has 6 heteroatoms. The number of hydrogen-bond donors (Lipinski definition) is 0. The van der Waals surface area contributed by atoms with E-state index in [2.05, 4.69) is 0 Å². The van der Waals surface area contributed by atoms with Crippen molar-refractivity contribution < 1.29 is 17.9 Å². The molecule has 2 rings (SSSR count). The Balaban J connectivity index is 2.04.